The van der Waals surface area contributed by atoms with Gasteiger partial charge in [-0.05, 0) is 48.2 Å². The lowest BCUT2D eigenvalue weighted by molar-refractivity contribution is -0.142. The van der Waals surface area contributed by atoms with E-state index in [0.717, 1.165) is 36.8 Å². The number of nitrogens with one attached hydrogen (secondary N) is 1. The van der Waals surface area contributed by atoms with Crippen LogP contribution in [0.4, 0.5) is 4.39 Å². The fraction of sp³-hybridized carbons (Fsp3) is 0.286. The molecule has 1 saturated carbocycles. The van der Waals surface area contributed by atoms with Crippen LogP contribution in [0.5, 0.6) is 0 Å². The molecule has 2 amide bonds. The number of carbonyl (C=O) groups excluding carboxylic acids is 2. The van der Waals surface area contributed by atoms with E-state index in [2.05, 4.69) is 15.6 Å². The number of halogens is 1. The van der Waals surface area contributed by atoms with Crippen molar-refractivity contribution in [2.75, 3.05) is 0 Å². The van der Waals surface area contributed by atoms with Gasteiger partial charge in [-0.15, -0.1) is 5.10 Å². The Morgan fingerprint density at radius 1 is 0.972 bits per heavy atom. The first-order valence-corrected chi connectivity index (χ1v) is 12.3. The molecule has 1 fully saturated rings. The predicted molar refractivity (Wildman–Crippen MR) is 134 cm³/mol. The SMILES string of the molecule is O=C(NC1CCCC1)C(c1ccccc1)N(Cc1ccc(F)cc1)C(=O)Cn1nnc2ccccc21. The van der Waals surface area contributed by atoms with E-state index in [9.17, 15) is 14.0 Å². The number of amides is 2. The van der Waals surface area contributed by atoms with Crippen LogP contribution in [-0.4, -0.2) is 37.7 Å². The average molecular weight is 486 g/mol. The number of hydrogen-bond acceptors (Lipinski definition) is 4. The van der Waals surface area contributed by atoms with Crippen molar-refractivity contribution in [2.45, 2.75) is 50.9 Å². The molecule has 1 N–H and O–H groups in total. The Bertz CT molecular complexity index is 1330. The Morgan fingerprint density at radius 2 is 1.67 bits per heavy atom. The average Bonchev–Trinajstić information content (AvgIpc) is 3.56. The summed E-state index contributed by atoms with van der Waals surface area (Å²) in [6, 6.07) is 22.0. The highest BCUT2D eigenvalue weighted by molar-refractivity contribution is 5.89. The number of carbonyl (C=O) groups is 2. The Morgan fingerprint density at radius 3 is 2.42 bits per heavy atom. The summed E-state index contributed by atoms with van der Waals surface area (Å²) >= 11 is 0. The molecule has 0 aliphatic heterocycles. The number of benzene rings is 3. The highest BCUT2D eigenvalue weighted by Gasteiger charge is 2.33. The van der Waals surface area contributed by atoms with Gasteiger partial charge in [0, 0.05) is 12.6 Å². The minimum absolute atomic E-state index is 0.0816. The molecule has 1 aliphatic rings. The van der Waals surface area contributed by atoms with Crippen LogP contribution in [0.15, 0.2) is 78.9 Å². The maximum atomic E-state index is 13.9. The van der Waals surface area contributed by atoms with Gasteiger partial charge in [-0.25, -0.2) is 9.07 Å². The molecule has 4 aromatic rings. The van der Waals surface area contributed by atoms with Crippen molar-refractivity contribution in [1.29, 1.82) is 0 Å². The first-order chi connectivity index (χ1) is 17.6. The van der Waals surface area contributed by atoms with E-state index in [4.69, 9.17) is 0 Å². The molecular formula is C28H28FN5O2. The minimum atomic E-state index is -0.848. The summed E-state index contributed by atoms with van der Waals surface area (Å²) in [7, 11) is 0. The molecule has 1 aliphatic carbocycles. The fourth-order valence-electron chi connectivity index (χ4n) is 4.82. The molecule has 36 heavy (non-hydrogen) atoms. The van der Waals surface area contributed by atoms with Crippen LogP contribution >= 0.6 is 0 Å². The second-order valence-corrected chi connectivity index (χ2v) is 9.19. The van der Waals surface area contributed by atoms with Crippen molar-refractivity contribution >= 4 is 22.8 Å². The van der Waals surface area contributed by atoms with E-state index in [1.54, 1.807) is 21.7 Å². The quantitative estimate of drug-likeness (QED) is 0.401. The van der Waals surface area contributed by atoms with E-state index in [0.29, 0.717) is 11.1 Å². The molecular weight excluding hydrogens is 457 g/mol. The zero-order valence-corrected chi connectivity index (χ0v) is 19.9. The van der Waals surface area contributed by atoms with Crippen molar-refractivity contribution in [3.63, 3.8) is 0 Å². The Hall–Kier alpha value is -4.07. The van der Waals surface area contributed by atoms with Gasteiger partial charge in [0.1, 0.15) is 23.9 Å². The van der Waals surface area contributed by atoms with Crippen LogP contribution in [0.25, 0.3) is 11.0 Å². The van der Waals surface area contributed by atoms with Gasteiger partial charge >= 0.3 is 0 Å². The fourth-order valence-corrected chi connectivity index (χ4v) is 4.82. The number of nitrogens with zero attached hydrogens (tertiary/aromatic N) is 4. The lowest BCUT2D eigenvalue weighted by atomic mass is 10.0. The minimum Gasteiger partial charge on any atom is -0.351 e. The van der Waals surface area contributed by atoms with Gasteiger partial charge < -0.3 is 10.2 Å². The molecule has 5 rings (SSSR count). The lowest BCUT2D eigenvalue weighted by Crippen LogP contribution is -2.46. The van der Waals surface area contributed by atoms with Gasteiger partial charge in [0.15, 0.2) is 0 Å². The summed E-state index contributed by atoms with van der Waals surface area (Å²) in [4.78, 5) is 29.1. The number of rotatable bonds is 8. The Balaban J connectivity index is 1.51. The molecule has 3 aromatic carbocycles. The Kier molecular flexibility index (Phi) is 7.02. The molecule has 0 radical (unpaired) electrons. The van der Waals surface area contributed by atoms with E-state index < -0.39 is 6.04 Å². The van der Waals surface area contributed by atoms with Crippen molar-refractivity contribution in [3.05, 3.63) is 95.8 Å². The lowest BCUT2D eigenvalue weighted by Gasteiger charge is -2.32. The molecule has 1 atom stereocenters. The first-order valence-electron chi connectivity index (χ1n) is 12.3. The topological polar surface area (TPSA) is 80.1 Å². The molecule has 1 heterocycles. The molecule has 0 saturated heterocycles. The Labute approximate surface area is 208 Å². The van der Waals surface area contributed by atoms with E-state index in [1.807, 2.05) is 54.6 Å². The highest BCUT2D eigenvalue weighted by atomic mass is 19.1. The highest BCUT2D eigenvalue weighted by Crippen LogP contribution is 2.26. The van der Waals surface area contributed by atoms with Gasteiger partial charge in [-0.2, -0.15) is 0 Å². The summed E-state index contributed by atoms with van der Waals surface area (Å²) in [5.41, 5.74) is 2.86. The van der Waals surface area contributed by atoms with E-state index in [1.165, 1.54) is 12.1 Å². The smallest absolute Gasteiger partial charge is 0.247 e. The standard InChI is InChI=1S/C28H28FN5O2/c29-22-16-14-20(15-17-22)18-33(26(35)19-34-25-13-7-6-12-24(25)31-32-34)27(21-8-2-1-3-9-21)28(36)30-23-10-4-5-11-23/h1-3,6-9,12-17,23,27H,4-5,10-11,18-19H2,(H,30,36). The number of aromatic nitrogens is 3. The van der Waals surface area contributed by atoms with Crippen LogP contribution in [0.2, 0.25) is 0 Å². The van der Waals surface area contributed by atoms with Gasteiger partial charge in [0.25, 0.3) is 0 Å². The van der Waals surface area contributed by atoms with Crippen molar-refractivity contribution in [1.82, 2.24) is 25.2 Å². The van der Waals surface area contributed by atoms with Crippen LogP contribution in [0.3, 0.4) is 0 Å². The molecule has 1 aromatic heterocycles. The van der Waals surface area contributed by atoms with Crippen LogP contribution in [0.1, 0.15) is 42.9 Å². The predicted octanol–water partition coefficient (Wildman–Crippen LogP) is 4.40. The number of fused-ring (bicyclic) bond motifs is 1. The van der Waals surface area contributed by atoms with Crippen LogP contribution in [-0.2, 0) is 22.7 Å². The van der Waals surface area contributed by atoms with Gasteiger partial charge in [0.05, 0.1) is 5.52 Å². The second kappa shape index (κ2) is 10.7. The zero-order valence-electron chi connectivity index (χ0n) is 19.9. The summed E-state index contributed by atoms with van der Waals surface area (Å²) < 4.78 is 15.1. The summed E-state index contributed by atoms with van der Waals surface area (Å²) in [6.07, 6.45) is 4.03. The third-order valence-corrected chi connectivity index (χ3v) is 6.67. The van der Waals surface area contributed by atoms with Crippen molar-refractivity contribution in [2.24, 2.45) is 0 Å². The van der Waals surface area contributed by atoms with Gasteiger partial charge in [0.2, 0.25) is 11.8 Å². The summed E-state index contributed by atoms with van der Waals surface area (Å²) in [5, 5.41) is 11.5. The van der Waals surface area contributed by atoms with E-state index in [-0.39, 0.29) is 36.8 Å². The third-order valence-electron chi connectivity index (χ3n) is 6.67. The molecule has 184 valence electrons. The number of hydrogen-bond donors (Lipinski definition) is 1. The molecule has 8 heteroatoms. The van der Waals surface area contributed by atoms with Gasteiger partial charge in [-0.1, -0.05) is 72.7 Å². The summed E-state index contributed by atoms with van der Waals surface area (Å²) in [5.74, 6) is -0.860. The molecule has 7 nitrogen and oxygen atoms in total. The molecule has 0 bridgehead atoms. The molecule has 0 spiro atoms. The maximum Gasteiger partial charge on any atom is 0.247 e. The van der Waals surface area contributed by atoms with Crippen LogP contribution < -0.4 is 5.32 Å². The largest absolute Gasteiger partial charge is 0.351 e. The van der Waals surface area contributed by atoms with Gasteiger partial charge in [-0.3, -0.25) is 9.59 Å². The van der Waals surface area contributed by atoms with Crippen molar-refractivity contribution < 1.29 is 14.0 Å². The third kappa shape index (κ3) is 5.27. The van der Waals surface area contributed by atoms with E-state index >= 15 is 0 Å². The maximum absolute atomic E-state index is 13.9. The molecule has 1 unspecified atom stereocenters. The number of para-hydroxylation sites is 1. The second-order valence-electron chi connectivity index (χ2n) is 9.19. The van der Waals surface area contributed by atoms with Crippen LogP contribution in [0, 0.1) is 5.82 Å². The zero-order chi connectivity index (χ0) is 24.9. The summed E-state index contributed by atoms with van der Waals surface area (Å²) in [6.45, 7) is 0.0607. The van der Waals surface area contributed by atoms with Crippen molar-refractivity contribution in [3.8, 4) is 0 Å². The first kappa shape index (κ1) is 23.7. The normalized spacial score (nSPS) is 14.6. The monoisotopic (exact) mass is 485 g/mol.